The van der Waals surface area contributed by atoms with Crippen molar-refractivity contribution < 1.29 is 0 Å². The maximum absolute atomic E-state index is 6.43. The fraction of sp³-hybridized carbons (Fsp3) is 0.824. The Morgan fingerprint density at radius 3 is 2.43 bits per heavy atom. The van der Waals surface area contributed by atoms with Crippen LogP contribution in [0.25, 0.3) is 0 Å². The van der Waals surface area contributed by atoms with Crippen LogP contribution in [-0.4, -0.2) is 16.8 Å². The molecule has 1 aromatic rings. The lowest BCUT2D eigenvalue weighted by Crippen LogP contribution is -2.31. The van der Waals surface area contributed by atoms with Gasteiger partial charge in [0, 0.05) is 6.54 Å². The Morgan fingerprint density at radius 2 is 1.90 bits per heavy atom. The maximum Gasteiger partial charge on any atom is 0.0834 e. The van der Waals surface area contributed by atoms with Gasteiger partial charge in [-0.05, 0) is 56.9 Å². The monoisotopic (exact) mass is 311 g/mol. The summed E-state index contributed by atoms with van der Waals surface area (Å²) in [4.78, 5) is 0. The summed E-state index contributed by atoms with van der Waals surface area (Å²) in [6.07, 6.45) is 8.17. The second kappa shape index (κ2) is 7.64. The zero-order valence-electron chi connectivity index (χ0n) is 13.9. The Kier molecular flexibility index (Phi) is 6.12. The first-order valence-electron chi connectivity index (χ1n) is 8.46. The van der Waals surface area contributed by atoms with Crippen LogP contribution in [-0.2, 0) is 6.54 Å². The molecule has 3 nitrogen and oxygen atoms in total. The average molecular weight is 312 g/mol. The standard InChI is InChI=1S/C17H30ClN3/c1-5-10-21-17(15(18)11-20-21)16(19-4)14-8-6-13(7-9-14)12(2)3/h11-14,16,19H,5-10H2,1-4H3. The second-order valence-corrected chi connectivity index (χ2v) is 7.19. The van der Waals surface area contributed by atoms with Crippen LogP contribution in [0.4, 0.5) is 0 Å². The molecule has 0 aromatic carbocycles. The van der Waals surface area contributed by atoms with E-state index in [4.69, 9.17) is 11.6 Å². The number of rotatable bonds is 6. The molecule has 1 fully saturated rings. The lowest BCUT2D eigenvalue weighted by Gasteiger charge is -2.35. The molecule has 1 aromatic heterocycles. The summed E-state index contributed by atoms with van der Waals surface area (Å²) in [5.41, 5.74) is 1.19. The lowest BCUT2D eigenvalue weighted by atomic mass is 9.74. The molecule has 0 spiro atoms. The summed E-state index contributed by atoms with van der Waals surface area (Å²) in [7, 11) is 2.05. The van der Waals surface area contributed by atoms with E-state index in [1.807, 2.05) is 0 Å². The van der Waals surface area contributed by atoms with E-state index in [0.717, 1.165) is 29.8 Å². The summed E-state index contributed by atoms with van der Waals surface area (Å²) >= 11 is 6.43. The first-order chi connectivity index (χ1) is 10.1. The van der Waals surface area contributed by atoms with Crippen molar-refractivity contribution in [3.05, 3.63) is 16.9 Å². The van der Waals surface area contributed by atoms with Crippen molar-refractivity contribution in [3.8, 4) is 0 Å². The molecule has 0 radical (unpaired) electrons. The van der Waals surface area contributed by atoms with E-state index in [2.05, 4.69) is 42.9 Å². The van der Waals surface area contributed by atoms with Crippen LogP contribution in [0.1, 0.15) is 64.6 Å². The van der Waals surface area contributed by atoms with Gasteiger partial charge in [-0.25, -0.2) is 0 Å². The van der Waals surface area contributed by atoms with Gasteiger partial charge in [-0.3, -0.25) is 4.68 Å². The minimum atomic E-state index is 0.333. The molecule has 0 aliphatic heterocycles. The van der Waals surface area contributed by atoms with E-state index in [1.165, 1.54) is 31.4 Å². The summed E-state index contributed by atoms with van der Waals surface area (Å²) in [6.45, 7) is 7.84. The Bertz CT molecular complexity index is 433. The number of hydrogen-bond donors (Lipinski definition) is 1. The largest absolute Gasteiger partial charge is 0.311 e. The van der Waals surface area contributed by atoms with Gasteiger partial charge in [0.25, 0.3) is 0 Å². The molecule has 1 atom stereocenters. The molecule has 21 heavy (non-hydrogen) atoms. The van der Waals surface area contributed by atoms with Crippen LogP contribution in [0.5, 0.6) is 0 Å². The fourth-order valence-electron chi connectivity index (χ4n) is 3.81. The molecule has 1 aliphatic rings. The van der Waals surface area contributed by atoms with Gasteiger partial charge in [-0.1, -0.05) is 32.4 Å². The van der Waals surface area contributed by atoms with Gasteiger partial charge in [0.1, 0.15) is 0 Å². The lowest BCUT2D eigenvalue weighted by molar-refractivity contribution is 0.188. The van der Waals surface area contributed by atoms with Crippen molar-refractivity contribution in [2.75, 3.05) is 7.05 Å². The number of halogens is 1. The van der Waals surface area contributed by atoms with E-state index in [-0.39, 0.29) is 0 Å². The van der Waals surface area contributed by atoms with Crippen LogP contribution in [0.3, 0.4) is 0 Å². The highest BCUT2D eigenvalue weighted by molar-refractivity contribution is 6.31. The van der Waals surface area contributed by atoms with Crippen LogP contribution in [0.15, 0.2) is 6.20 Å². The molecule has 1 unspecified atom stereocenters. The Hall–Kier alpha value is -0.540. The third-order valence-corrected chi connectivity index (χ3v) is 5.40. The molecule has 1 N–H and O–H groups in total. The third kappa shape index (κ3) is 3.81. The molecule has 2 rings (SSSR count). The van der Waals surface area contributed by atoms with Gasteiger partial charge in [-0.2, -0.15) is 5.10 Å². The summed E-state index contributed by atoms with van der Waals surface area (Å²) < 4.78 is 2.10. The highest BCUT2D eigenvalue weighted by Crippen LogP contribution is 2.40. The Labute approximate surface area is 134 Å². The second-order valence-electron chi connectivity index (χ2n) is 6.79. The van der Waals surface area contributed by atoms with Gasteiger partial charge in [0.2, 0.25) is 0 Å². The molecular formula is C17H30ClN3. The first-order valence-corrected chi connectivity index (χ1v) is 8.84. The normalized spacial score (nSPS) is 24.5. The number of aromatic nitrogens is 2. The number of aryl methyl sites for hydroxylation is 1. The molecule has 0 bridgehead atoms. The van der Waals surface area contributed by atoms with Gasteiger partial charge < -0.3 is 5.32 Å². The molecule has 1 heterocycles. The first kappa shape index (κ1) is 16.8. The van der Waals surface area contributed by atoms with Crippen molar-refractivity contribution in [3.63, 3.8) is 0 Å². The van der Waals surface area contributed by atoms with Crippen molar-refractivity contribution in [1.29, 1.82) is 0 Å². The number of hydrogen-bond acceptors (Lipinski definition) is 2. The molecule has 4 heteroatoms. The summed E-state index contributed by atoms with van der Waals surface area (Å²) in [5, 5.41) is 8.78. The van der Waals surface area contributed by atoms with Gasteiger partial charge in [0.05, 0.1) is 23.0 Å². The van der Waals surface area contributed by atoms with Gasteiger partial charge >= 0.3 is 0 Å². The zero-order valence-corrected chi connectivity index (χ0v) is 14.7. The molecule has 120 valence electrons. The minimum absolute atomic E-state index is 0.333. The molecule has 1 saturated carbocycles. The predicted octanol–water partition coefficient (Wildman–Crippen LogP) is 4.67. The van der Waals surface area contributed by atoms with Gasteiger partial charge in [0.15, 0.2) is 0 Å². The predicted molar refractivity (Wildman–Crippen MR) is 89.6 cm³/mol. The minimum Gasteiger partial charge on any atom is -0.311 e. The Balaban J connectivity index is 2.12. The molecule has 0 saturated heterocycles. The van der Waals surface area contributed by atoms with Gasteiger partial charge in [-0.15, -0.1) is 0 Å². The van der Waals surface area contributed by atoms with Crippen molar-refractivity contribution in [1.82, 2.24) is 15.1 Å². The SMILES string of the molecule is CCCn1ncc(Cl)c1C(NC)C1CCC(C(C)C)CC1. The summed E-state index contributed by atoms with van der Waals surface area (Å²) in [5.74, 6) is 2.39. The number of nitrogens with zero attached hydrogens (tertiary/aromatic N) is 2. The van der Waals surface area contributed by atoms with Crippen molar-refractivity contribution in [2.45, 2.75) is 65.5 Å². The number of nitrogens with one attached hydrogen (secondary N) is 1. The van der Waals surface area contributed by atoms with E-state index in [9.17, 15) is 0 Å². The fourth-order valence-corrected chi connectivity index (χ4v) is 4.07. The van der Waals surface area contributed by atoms with E-state index in [1.54, 1.807) is 6.20 Å². The van der Waals surface area contributed by atoms with Crippen LogP contribution < -0.4 is 5.32 Å². The van der Waals surface area contributed by atoms with Crippen molar-refractivity contribution in [2.24, 2.45) is 17.8 Å². The highest BCUT2D eigenvalue weighted by atomic mass is 35.5. The zero-order chi connectivity index (χ0) is 15.4. The quantitative estimate of drug-likeness (QED) is 0.827. The summed E-state index contributed by atoms with van der Waals surface area (Å²) in [6, 6.07) is 0.333. The third-order valence-electron chi connectivity index (χ3n) is 5.10. The highest BCUT2D eigenvalue weighted by Gasteiger charge is 2.31. The topological polar surface area (TPSA) is 29.9 Å². The Morgan fingerprint density at radius 1 is 1.29 bits per heavy atom. The maximum atomic E-state index is 6.43. The van der Waals surface area contributed by atoms with Crippen LogP contribution in [0, 0.1) is 17.8 Å². The van der Waals surface area contributed by atoms with Crippen LogP contribution in [0.2, 0.25) is 5.02 Å². The molecule has 0 amide bonds. The van der Waals surface area contributed by atoms with Crippen LogP contribution >= 0.6 is 11.6 Å². The average Bonchev–Trinajstić information content (AvgIpc) is 2.83. The smallest absolute Gasteiger partial charge is 0.0834 e. The van der Waals surface area contributed by atoms with E-state index < -0.39 is 0 Å². The molecular weight excluding hydrogens is 282 g/mol. The molecule has 1 aliphatic carbocycles. The van der Waals surface area contributed by atoms with E-state index >= 15 is 0 Å². The van der Waals surface area contributed by atoms with Crippen molar-refractivity contribution >= 4 is 11.6 Å². The van der Waals surface area contributed by atoms with E-state index in [0.29, 0.717) is 12.0 Å².